The molecule has 0 bridgehead atoms. The molecule has 1 amide bonds. The lowest BCUT2D eigenvalue weighted by Gasteiger charge is -2.38. The van der Waals surface area contributed by atoms with Crippen molar-refractivity contribution >= 4 is 5.91 Å². The van der Waals surface area contributed by atoms with E-state index in [0.717, 1.165) is 24.8 Å². The SMILES string of the molecule is CC1CCCC(CN)(OCC(=O)NCc2ccccc2)C1. The van der Waals surface area contributed by atoms with Crippen LogP contribution in [0, 0.1) is 5.92 Å². The number of carbonyl (C=O) groups is 1. The van der Waals surface area contributed by atoms with E-state index in [1.165, 1.54) is 6.42 Å². The molecule has 2 unspecified atom stereocenters. The summed E-state index contributed by atoms with van der Waals surface area (Å²) in [4.78, 5) is 11.9. The van der Waals surface area contributed by atoms with Crippen molar-refractivity contribution in [2.75, 3.05) is 13.2 Å². The fourth-order valence-electron chi connectivity index (χ4n) is 3.05. The molecule has 1 aromatic rings. The first kappa shape index (κ1) is 16.0. The minimum atomic E-state index is -0.304. The second-order valence-electron chi connectivity index (χ2n) is 6.14. The zero-order valence-corrected chi connectivity index (χ0v) is 12.8. The quantitative estimate of drug-likeness (QED) is 0.844. The third kappa shape index (κ3) is 4.83. The lowest BCUT2D eigenvalue weighted by Crippen LogP contribution is -2.46. The Morgan fingerprint density at radius 1 is 1.43 bits per heavy atom. The van der Waals surface area contributed by atoms with Gasteiger partial charge in [0.25, 0.3) is 0 Å². The van der Waals surface area contributed by atoms with E-state index in [9.17, 15) is 4.79 Å². The zero-order valence-electron chi connectivity index (χ0n) is 12.8. The van der Waals surface area contributed by atoms with Gasteiger partial charge in [-0.15, -0.1) is 0 Å². The molecule has 1 aromatic carbocycles. The van der Waals surface area contributed by atoms with Crippen molar-refractivity contribution in [2.45, 2.75) is 44.8 Å². The summed E-state index contributed by atoms with van der Waals surface area (Å²) in [5.74, 6) is 0.541. The van der Waals surface area contributed by atoms with E-state index in [2.05, 4.69) is 12.2 Å². The average Bonchev–Trinajstić information content (AvgIpc) is 2.52. The number of nitrogens with one attached hydrogen (secondary N) is 1. The summed E-state index contributed by atoms with van der Waals surface area (Å²) in [5.41, 5.74) is 6.68. The number of amides is 1. The van der Waals surface area contributed by atoms with Gasteiger partial charge in [-0.3, -0.25) is 4.79 Å². The molecule has 0 saturated heterocycles. The molecule has 0 aromatic heterocycles. The van der Waals surface area contributed by atoms with Crippen molar-refractivity contribution in [1.82, 2.24) is 5.32 Å². The lowest BCUT2D eigenvalue weighted by molar-refractivity contribution is -0.136. The number of hydrogen-bond donors (Lipinski definition) is 2. The van der Waals surface area contributed by atoms with Gasteiger partial charge in [0.1, 0.15) is 6.61 Å². The van der Waals surface area contributed by atoms with Gasteiger partial charge >= 0.3 is 0 Å². The summed E-state index contributed by atoms with van der Waals surface area (Å²) < 4.78 is 5.90. The highest BCUT2D eigenvalue weighted by Gasteiger charge is 2.35. The minimum Gasteiger partial charge on any atom is -0.364 e. The largest absolute Gasteiger partial charge is 0.364 e. The number of hydrogen-bond acceptors (Lipinski definition) is 3. The van der Waals surface area contributed by atoms with E-state index in [1.54, 1.807) is 0 Å². The van der Waals surface area contributed by atoms with Crippen molar-refractivity contribution in [3.8, 4) is 0 Å². The molecule has 4 heteroatoms. The predicted molar refractivity (Wildman–Crippen MR) is 83.7 cm³/mol. The van der Waals surface area contributed by atoms with Gasteiger partial charge in [-0.05, 0) is 24.3 Å². The fraction of sp³-hybridized carbons (Fsp3) is 0.588. The molecule has 2 rings (SSSR count). The Hall–Kier alpha value is -1.39. The molecular weight excluding hydrogens is 264 g/mol. The highest BCUT2D eigenvalue weighted by Crippen LogP contribution is 2.34. The first-order valence-electron chi connectivity index (χ1n) is 7.78. The van der Waals surface area contributed by atoms with Crippen molar-refractivity contribution < 1.29 is 9.53 Å². The van der Waals surface area contributed by atoms with Crippen LogP contribution in [-0.4, -0.2) is 24.7 Å². The summed E-state index contributed by atoms with van der Waals surface area (Å²) in [6, 6.07) is 9.87. The molecule has 1 aliphatic rings. The smallest absolute Gasteiger partial charge is 0.246 e. The molecule has 1 aliphatic carbocycles. The van der Waals surface area contributed by atoms with Crippen molar-refractivity contribution in [1.29, 1.82) is 0 Å². The summed E-state index contributed by atoms with van der Waals surface area (Å²) >= 11 is 0. The minimum absolute atomic E-state index is 0.0788. The average molecular weight is 290 g/mol. The van der Waals surface area contributed by atoms with Crippen LogP contribution in [0.25, 0.3) is 0 Å². The van der Waals surface area contributed by atoms with E-state index in [4.69, 9.17) is 10.5 Å². The highest BCUT2D eigenvalue weighted by atomic mass is 16.5. The van der Waals surface area contributed by atoms with E-state index < -0.39 is 0 Å². The molecule has 0 aliphatic heterocycles. The number of nitrogens with two attached hydrogens (primary N) is 1. The summed E-state index contributed by atoms with van der Waals surface area (Å²) in [7, 11) is 0. The molecule has 2 atom stereocenters. The van der Waals surface area contributed by atoms with Gasteiger partial charge in [0.15, 0.2) is 0 Å². The zero-order chi connectivity index (χ0) is 15.1. The fourth-order valence-corrected chi connectivity index (χ4v) is 3.05. The molecule has 116 valence electrons. The predicted octanol–water partition coefficient (Wildman–Crippen LogP) is 2.23. The molecule has 1 fully saturated rings. The molecular formula is C17H26N2O2. The Bertz CT molecular complexity index is 449. The Morgan fingerprint density at radius 2 is 2.19 bits per heavy atom. The topological polar surface area (TPSA) is 64.3 Å². The van der Waals surface area contributed by atoms with Crippen LogP contribution in [0.15, 0.2) is 30.3 Å². The first-order chi connectivity index (χ1) is 10.1. The van der Waals surface area contributed by atoms with Gasteiger partial charge in [-0.25, -0.2) is 0 Å². The van der Waals surface area contributed by atoms with Crippen LogP contribution >= 0.6 is 0 Å². The molecule has 21 heavy (non-hydrogen) atoms. The van der Waals surface area contributed by atoms with E-state index >= 15 is 0 Å². The van der Waals surface area contributed by atoms with Crippen molar-refractivity contribution in [2.24, 2.45) is 11.7 Å². The van der Waals surface area contributed by atoms with Crippen LogP contribution in [0.1, 0.15) is 38.2 Å². The molecule has 1 saturated carbocycles. The monoisotopic (exact) mass is 290 g/mol. The Morgan fingerprint density at radius 3 is 2.86 bits per heavy atom. The van der Waals surface area contributed by atoms with E-state index in [0.29, 0.717) is 19.0 Å². The lowest BCUT2D eigenvalue weighted by atomic mass is 9.79. The number of ether oxygens (including phenoxy) is 1. The Kier molecular flexibility index (Phi) is 5.76. The maximum atomic E-state index is 11.9. The van der Waals surface area contributed by atoms with Crippen LogP contribution in [-0.2, 0) is 16.1 Å². The second-order valence-corrected chi connectivity index (χ2v) is 6.14. The summed E-state index contributed by atoms with van der Waals surface area (Å²) in [5, 5.41) is 2.89. The number of carbonyl (C=O) groups excluding carboxylic acids is 1. The van der Waals surface area contributed by atoms with Gasteiger partial charge in [0.05, 0.1) is 5.60 Å². The third-order valence-electron chi connectivity index (χ3n) is 4.26. The Labute approximate surface area is 127 Å². The molecule has 4 nitrogen and oxygen atoms in total. The van der Waals surface area contributed by atoms with Crippen LogP contribution < -0.4 is 11.1 Å². The van der Waals surface area contributed by atoms with Gasteiger partial charge in [-0.2, -0.15) is 0 Å². The molecule has 3 N–H and O–H groups in total. The van der Waals surface area contributed by atoms with Crippen LogP contribution in [0.4, 0.5) is 0 Å². The van der Waals surface area contributed by atoms with Crippen molar-refractivity contribution in [3.63, 3.8) is 0 Å². The van der Waals surface area contributed by atoms with Crippen molar-refractivity contribution in [3.05, 3.63) is 35.9 Å². The normalized spacial score (nSPS) is 25.5. The van der Waals surface area contributed by atoms with Gasteiger partial charge in [0, 0.05) is 13.1 Å². The maximum Gasteiger partial charge on any atom is 0.246 e. The maximum absolute atomic E-state index is 11.9. The van der Waals surface area contributed by atoms with Gasteiger partial charge < -0.3 is 15.8 Å². The standard InChI is InChI=1S/C17H26N2O2/c1-14-6-5-9-17(10-14,13-18)21-12-16(20)19-11-15-7-3-2-4-8-15/h2-4,7-8,14H,5-6,9-13,18H2,1H3,(H,19,20). The van der Waals surface area contributed by atoms with Crippen LogP contribution in [0.2, 0.25) is 0 Å². The summed E-state index contributed by atoms with van der Waals surface area (Å²) in [6.45, 7) is 3.34. The Balaban J connectivity index is 1.77. The van der Waals surface area contributed by atoms with E-state index in [-0.39, 0.29) is 18.1 Å². The first-order valence-corrected chi connectivity index (χ1v) is 7.78. The van der Waals surface area contributed by atoms with Crippen LogP contribution in [0.5, 0.6) is 0 Å². The number of benzene rings is 1. The number of rotatable bonds is 6. The molecule has 0 heterocycles. The summed E-state index contributed by atoms with van der Waals surface area (Å²) in [6.07, 6.45) is 4.27. The van der Waals surface area contributed by atoms with Gasteiger partial charge in [0.2, 0.25) is 5.91 Å². The van der Waals surface area contributed by atoms with Crippen LogP contribution in [0.3, 0.4) is 0 Å². The second kappa shape index (κ2) is 7.57. The molecule has 0 radical (unpaired) electrons. The highest BCUT2D eigenvalue weighted by molar-refractivity contribution is 5.77. The van der Waals surface area contributed by atoms with E-state index in [1.807, 2.05) is 30.3 Å². The third-order valence-corrected chi connectivity index (χ3v) is 4.26. The van der Waals surface area contributed by atoms with Gasteiger partial charge in [-0.1, -0.05) is 50.1 Å². The molecule has 0 spiro atoms.